The van der Waals surface area contributed by atoms with Gasteiger partial charge >= 0.3 is 0 Å². The number of rotatable bonds is 4. The van der Waals surface area contributed by atoms with Crippen molar-refractivity contribution in [2.24, 2.45) is 0 Å². The normalized spacial score (nSPS) is 11.2. The highest BCUT2D eigenvalue weighted by Gasteiger charge is 2.04. The Morgan fingerprint density at radius 2 is 1.96 bits per heavy atom. The van der Waals surface area contributed by atoms with Gasteiger partial charge in [0.15, 0.2) is 0 Å². The molecule has 0 bridgehead atoms. The monoisotopic (exact) mass is 346 g/mol. The molecule has 0 saturated heterocycles. The molecule has 0 radical (unpaired) electrons. The van der Waals surface area contributed by atoms with E-state index in [0.29, 0.717) is 0 Å². The molecule has 2 heterocycles. The summed E-state index contributed by atoms with van der Waals surface area (Å²) >= 11 is 1.49. The van der Waals surface area contributed by atoms with E-state index in [2.05, 4.69) is 15.3 Å². The molecule has 1 N–H and O–H groups in total. The third-order valence-electron chi connectivity index (χ3n) is 3.72. The SMILES string of the molecule is O=C(/C=C/c1cncs1)Nc1ccc(-n2cnc3ccccc32)cc1. The fourth-order valence-corrected chi connectivity index (χ4v) is 3.03. The number of nitrogens with zero attached hydrogens (tertiary/aromatic N) is 3. The second-order valence-electron chi connectivity index (χ2n) is 5.38. The zero-order valence-electron chi connectivity index (χ0n) is 13.2. The van der Waals surface area contributed by atoms with Gasteiger partial charge in [-0.15, -0.1) is 11.3 Å². The summed E-state index contributed by atoms with van der Waals surface area (Å²) in [6.45, 7) is 0. The molecular weight excluding hydrogens is 332 g/mol. The van der Waals surface area contributed by atoms with Crippen LogP contribution < -0.4 is 5.32 Å². The topological polar surface area (TPSA) is 59.8 Å². The number of thiazole rings is 1. The molecule has 5 nitrogen and oxygen atoms in total. The van der Waals surface area contributed by atoms with Gasteiger partial charge in [0, 0.05) is 28.5 Å². The molecular formula is C19H14N4OS. The summed E-state index contributed by atoms with van der Waals surface area (Å²) in [5, 5.41) is 2.85. The molecule has 2 aromatic carbocycles. The number of benzene rings is 2. The van der Waals surface area contributed by atoms with Crippen LogP contribution in [0.5, 0.6) is 0 Å². The Kier molecular flexibility index (Phi) is 4.10. The third-order valence-corrected chi connectivity index (χ3v) is 4.46. The number of aromatic nitrogens is 3. The molecule has 0 unspecified atom stereocenters. The number of para-hydroxylation sites is 2. The van der Waals surface area contributed by atoms with Crippen LogP contribution in [0.1, 0.15) is 4.88 Å². The Bertz CT molecular complexity index is 1030. The zero-order valence-corrected chi connectivity index (χ0v) is 14.0. The van der Waals surface area contributed by atoms with Crippen molar-refractivity contribution < 1.29 is 4.79 Å². The lowest BCUT2D eigenvalue weighted by molar-refractivity contribution is -0.111. The Balaban J connectivity index is 1.49. The van der Waals surface area contributed by atoms with Gasteiger partial charge in [-0.2, -0.15) is 0 Å². The predicted octanol–water partition coefficient (Wildman–Crippen LogP) is 4.13. The van der Waals surface area contributed by atoms with Gasteiger partial charge in [0.25, 0.3) is 0 Å². The maximum atomic E-state index is 12.0. The van der Waals surface area contributed by atoms with E-state index >= 15 is 0 Å². The zero-order chi connectivity index (χ0) is 17.1. The number of hydrogen-bond acceptors (Lipinski definition) is 4. The average molecular weight is 346 g/mol. The van der Waals surface area contributed by atoms with Crippen molar-refractivity contribution in [3.05, 3.63) is 77.5 Å². The number of fused-ring (bicyclic) bond motifs is 1. The van der Waals surface area contributed by atoms with Gasteiger partial charge in [-0.1, -0.05) is 12.1 Å². The molecule has 0 saturated carbocycles. The number of carbonyl (C=O) groups is 1. The second-order valence-corrected chi connectivity index (χ2v) is 6.29. The van der Waals surface area contributed by atoms with Crippen LogP contribution in [0.3, 0.4) is 0 Å². The highest BCUT2D eigenvalue weighted by Crippen LogP contribution is 2.19. The summed E-state index contributed by atoms with van der Waals surface area (Å²) < 4.78 is 2.02. The van der Waals surface area contributed by atoms with E-state index in [4.69, 9.17) is 0 Å². The molecule has 0 fully saturated rings. The molecule has 0 aliphatic carbocycles. The molecule has 0 atom stereocenters. The second kappa shape index (κ2) is 6.70. The molecule has 0 spiro atoms. The van der Waals surface area contributed by atoms with Crippen molar-refractivity contribution in [3.63, 3.8) is 0 Å². The lowest BCUT2D eigenvalue weighted by Crippen LogP contribution is -2.07. The van der Waals surface area contributed by atoms with Crippen molar-refractivity contribution >= 4 is 40.0 Å². The average Bonchev–Trinajstić information content (AvgIpc) is 3.30. The molecule has 4 aromatic rings. The Morgan fingerprint density at radius 3 is 2.76 bits per heavy atom. The van der Waals surface area contributed by atoms with Crippen LogP contribution in [0.4, 0.5) is 5.69 Å². The first-order valence-electron chi connectivity index (χ1n) is 7.70. The Labute approximate surface area is 148 Å². The van der Waals surface area contributed by atoms with Gasteiger partial charge in [0.05, 0.1) is 16.5 Å². The lowest BCUT2D eigenvalue weighted by atomic mass is 10.2. The standard InChI is InChI=1S/C19H14N4OS/c24-19(10-9-16-11-20-13-25-16)22-14-5-7-15(8-6-14)23-12-21-17-3-1-2-4-18(17)23/h1-13H,(H,22,24)/b10-9+. The van der Waals surface area contributed by atoms with Crippen LogP contribution in [-0.4, -0.2) is 20.4 Å². The van der Waals surface area contributed by atoms with Gasteiger partial charge in [-0.25, -0.2) is 4.98 Å². The molecule has 4 rings (SSSR count). The van der Waals surface area contributed by atoms with E-state index in [1.54, 1.807) is 24.1 Å². The molecule has 0 aliphatic rings. The van der Waals surface area contributed by atoms with Gasteiger partial charge in [0.1, 0.15) is 6.33 Å². The number of hydrogen-bond donors (Lipinski definition) is 1. The van der Waals surface area contributed by atoms with E-state index in [-0.39, 0.29) is 5.91 Å². The van der Waals surface area contributed by atoms with Crippen molar-refractivity contribution in [1.29, 1.82) is 0 Å². The van der Waals surface area contributed by atoms with Gasteiger partial charge in [-0.05, 0) is 42.5 Å². The van der Waals surface area contributed by atoms with Gasteiger partial charge in [-0.3, -0.25) is 14.3 Å². The maximum Gasteiger partial charge on any atom is 0.248 e. The third kappa shape index (κ3) is 3.34. The summed E-state index contributed by atoms with van der Waals surface area (Å²) in [6.07, 6.45) is 6.78. The van der Waals surface area contributed by atoms with Crippen molar-refractivity contribution in [1.82, 2.24) is 14.5 Å². The fourth-order valence-electron chi connectivity index (χ4n) is 2.52. The van der Waals surface area contributed by atoms with Crippen LogP contribution in [0.25, 0.3) is 22.8 Å². The van der Waals surface area contributed by atoms with Crippen LogP contribution in [0.2, 0.25) is 0 Å². The first-order chi connectivity index (χ1) is 12.3. The molecule has 0 aliphatic heterocycles. The van der Waals surface area contributed by atoms with Crippen molar-refractivity contribution in [3.8, 4) is 5.69 Å². The molecule has 6 heteroatoms. The number of anilines is 1. The van der Waals surface area contributed by atoms with E-state index in [9.17, 15) is 4.79 Å². The summed E-state index contributed by atoms with van der Waals surface area (Å²) in [7, 11) is 0. The molecule has 122 valence electrons. The quantitative estimate of drug-likeness (QED) is 0.565. The minimum atomic E-state index is -0.172. The first kappa shape index (κ1) is 15.3. The predicted molar refractivity (Wildman–Crippen MR) is 101 cm³/mol. The number of amides is 1. The van der Waals surface area contributed by atoms with Crippen molar-refractivity contribution in [2.75, 3.05) is 5.32 Å². The maximum absolute atomic E-state index is 12.0. The van der Waals surface area contributed by atoms with E-state index in [1.807, 2.05) is 53.1 Å². The highest BCUT2D eigenvalue weighted by molar-refractivity contribution is 7.10. The van der Waals surface area contributed by atoms with Gasteiger partial charge in [0.2, 0.25) is 5.91 Å². The van der Waals surface area contributed by atoms with E-state index < -0.39 is 0 Å². The smallest absolute Gasteiger partial charge is 0.248 e. The van der Waals surface area contributed by atoms with Crippen LogP contribution in [-0.2, 0) is 4.79 Å². The minimum Gasteiger partial charge on any atom is -0.323 e. The van der Waals surface area contributed by atoms with Gasteiger partial charge < -0.3 is 5.32 Å². The largest absolute Gasteiger partial charge is 0.323 e. The van der Waals surface area contributed by atoms with E-state index in [0.717, 1.165) is 27.3 Å². The molecule has 1 amide bonds. The summed E-state index contributed by atoms with van der Waals surface area (Å²) in [5.41, 5.74) is 5.47. The first-order valence-corrected chi connectivity index (χ1v) is 8.58. The van der Waals surface area contributed by atoms with Crippen LogP contribution in [0, 0.1) is 0 Å². The minimum absolute atomic E-state index is 0.172. The Hall–Kier alpha value is -3.25. The Morgan fingerprint density at radius 1 is 1.12 bits per heavy atom. The highest BCUT2D eigenvalue weighted by atomic mass is 32.1. The summed E-state index contributed by atoms with van der Waals surface area (Å²) in [6, 6.07) is 15.6. The number of nitrogens with one attached hydrogen (secondary N) is 1. The summed E-state index contributed by atoms with van der Waals surface area (Å²) in [4.78, 5) is 21.3. The van der Waals surface area contributed by atoms with Crippen LogP contribution in [0.15, 0.2) is 72.6 Å². The summed E-state index contributed by atoms with van der Waals surface area (Å²) in [5.74, 6) is -0.172. The van der Waals surface area contributed by atoms with E-state index in [1.165, 1.54) is 17.4 Å². The van der Waals surface area contributed by atoms with Crippen molar-refractivity contribution in [2.45, 2.75) is 0 Å². The lowest BCUT2D eigenvalue weighted by Gasteiger charge is -2.06. The molecule has 25 heavy (non-hydrogen) atoms. The molecule has 2 aromatic heterocycles. The number of carbonyl (C=O) groups excluding carboxylic acids is 1. The fraction of sp³-hybridized carbons (Fsp3) is 0. The number of imidazole rings is 1. The van der Waals surface area contributed by atoms with Crippen LogP contribution >= 0.6 is 11.3 Å².